The number of amides is 1. The first-order chi connectivity index (χ1) is 7.18. The summed E-state index contributed by atoms with van der Waals surface area (Å²) in [7, 11) is 0. The summed E-state index contributed by atoms with van der Waals surface area (Å²) in [5, 5.41) is 3.31. The fraction of sp³-hybridized carbons (Fsp3) is 0.364. The molecule has 1 aromatic carbocycles. The average Bonchev–Trinajstić information content (AvgIpc) is 2.67. The molecule has 1 heterocycles. The minimum absolute atomic E-state index is 0.0397. The minimum atomic E-state index is -0.211. The van der Waals surface area contributed by atoms with Gasteiger partial charge >= 0.3 is 0 Å². The zero-order valence-electron chi connectivity index (χ0n) is 8.24. The van der Waals surface area contributed by atoms with Crippen LogP contribution in [0.3, 0.4) is 0 Å². The van der Waals surface area contributed by atoms with E-state index in [4.69, 9.17) is 5.73 Å². The molecule has 1 aromatic rings. The van der Waals surface area contributed by atoms with Crippen molar-refractivity contribution in [2.75, 3.05) is 6.54 Å². The van der Waals surface area contributed by atoms with Gasteiger partial charge in [0.25, 0.3) is 0 Å². The van der Waals surface area contributed by atoms with Gasteiger partial charge in [-0.15, -0.1) is 0 Å². The highest BCUT2D eigenvalue weighted by atomic mass is 79.9. The molecule has 0 aliphatic carbocycles. The second-order valence-electron chi connectivity index (χ2n) is 3.82. The van der Waals surface area contributed by atoms with Crippen molar-refractivity contribution in [3.05, 3.63) is 34.3 Å². The van der Waals surface area contributed by atoms with Crippen LogP contribution in [0.5, 0.6) is 0 Å². The van der Waals surface area contributed by atoms with E-state index < -0.39 is 0 Å². The zero-order chi connectivity index (χ0) is 10.8. The molecule has 1 aliphatic heterocycles. The molecule has 2 unspecified atom stereocenters. The topological polar surface area (TPSA) is 55.1 Å². The number of hydrogen-bond donors (Lipinski definition) is 2. The van der Waals surface area contributed by atoms with E-state index in [1.165, 1.54) is 5.56 Å². The minimum Gasteiger partial charge on any atom is -0.369 e. The summed E-state index contributed by atoms with van der Waals surface area (Å²) in [4.78, 5) is 11.0. The first-order valence-corrected chi connectivity index (χ1v) is 5.75. The fourth-order valence-corrected chi connectivity index (χ4v) is 2.51. The Morgan fingerprint density at radius 1 is 1.47 bits per heavy atom. The number of carbonyl (C=O) groups is 1. The number of benzene rings is 1. The second-order valence-corrected chi connectivity index (χ2v) is 4.67. The summed E-state index contributed by atoms with van der Waals surface area (Å²) < 4.78 is 1.08. The molecule has 3 N–H and O–H groups in total. The molecule has 0 spiro atoms. The van der Waals surface area contributed by atoms with Crippen molar-refractivity contribution in [1.29, 1.82) is 0 Å². The smallest absolute Gasteiger partial charge is 0.221 e. The third-order valence-electron chi connectivity index (χ3n) is 2.81. The standard InChI is InChI=1S/C11H13BrN2O/c12-9-4-2-1-3-8(9)10-5-7(6-14-10)11(13)15/h1-4,7,10,14H,5-6H2,(H2,13,15). The summed E-state index contributed by atoms with van der Waals surface area (Å²) in [6.07, 6.45) is 0.790. The van der Waals surface area contributed by atoms with Gasteiger partial charge in [-0.05, 0) is 18.1 Å². The van der Waals surface area contributed by atoms with Gasteiger partial charge in [-0.3, -0.25) is 4.79 Å². The van der Waals surface area contributed by atoms with E-state index in [9.17, 15) is 4.79 Å². The fourth-order valence-electron chi connectivity index (χ4n) is 1.95. The molecule has 2 rings (SSSR count). The summed E-state index contributed by atoms with van der Waals surface area (Å²) in [6.45, 7) is 0.682. The third-order valence-corrected chi connectivity index (χ3v) is 3.54. The Bertz CT molecular complexity index is 381. The van der Waals surface area contributed by atoms with Crippen LogP contribution in [0.25, 0.3) is 0 Å². The van der Waals surface area contributed by atoms with Crippen molar-refractivity contribution in [1.82, 2.24) is 5.32 Å². The van der Waals surface area contributed by atoms with E-state index in [1.807, 2.05) is 18.2 Å². The average molecular weight is 269 g/mol. The van der Waals surface area contributed by atoms with Gasteiger partial charge in [-0.2, -0.15) is 0 Å². The van der Waals surface area contributed by atoms with Gasteiger partial charge in [0.05, 0.1) is 5.92 Å². The van der Waals surface area contributed by atoms with Crippen LogP contribution in [0.1, 0.15) is 18.0 Å². The van der Waals surface area contributed by atoms with Gasteiger partial charge in [0.1, 0.15) is 0 Å². The Kier molecular flexibility index (Phi) is 3.07. The van der Waals surface area contributed by atoms with Gasteiger partial charge < -0.3 is 11.1 Å². The van der Waals surface area contributed by atoms with Crippen molar-refractivity contribution >= 4 is 21.8 Å². The molecule has 0 aromatic heterocycles. The Labute approximate surface area is 97.2 Å². The van der Waals surface area contributed by atoms with Crippen LogP contribution in [-0.2, 0) is 4.79 Å². The first-order valence-electron chi connectivity index (χ1n) is 4.95. The van der Waals surface area contributed by atoms with E-state index in [2.05, 4.69) is 27.3 Å². The van der Waals surface area contributed by atoms with E-state index in [0.717, 1.165) is 10.9 Å². The SMILES string of the molecule is NC(=O)C1CNC(c2ccccc2Br)C1. The predicted molar refractivity (Wildman–Crippen MR) is 62.2 cm³/mol. The highest BCUT2D eigenvalue weighted by Crippen LogP contribution is 2.31. The second kappa shape index (κ2) is 4.33. The monoisotopic (exact) mass is 268 g/mol. The van der Waals surface area contributed by atoms with E-state index in [1.54, 1.807) is 0 Å². The maximum atomic E-state index is 11.0. The van der Waals surface area contributed by atoms with Gasteiger partial charge in [0.15, 0.2) is 0 Å². The van der Waals surface area contributed by atoms with Crippen molar-refractivity contribution in [3.63, 3.8) is 0 Å². The lowest BCUT2D eigenvalue weighted by Crippen LogP contribution is -2.24. The number of nitrogens with two attached hydrogens (primary N) is 1. The number of rotatable bonds is 2. The Morgan fingerprint density at radius 2 is 2.20 bits per heavy atom. The molecule has 15 heavy (non-hydrogen) atoms. The molecular formula is C11H13BrN2O. The van der Waals surface area contributed by atoms with Crippen LogP contribution in [-0.4, -0.2) is 12.5 Å². The Hall–Kier alpha value is -0.870. The zero-order valence-corrected chi connectivity index (χ0v) is 9.83. The highest BCUT2D eigenvalue weighted by Gasteiger charge is 2.29. The lowest BCUT2D eigenvalue weighted by molar-refractivity contribution is -0.121. The Balaban J connectivity index is 2.14. The number of nitrogens with one attached hydrogen (secondary N) is 1. The number of hydrogen-bond acceptors (Lipinski definition) is 2. The third kappa shape index (κ3) is 2.21. The maximum Gasteiger partial charge on any atom is 0.221 e. The van der Waals surface area contributed by atoms with E-state index in [-0.39, 0.29) is 17.9 Å². The van der Waals surface area contributed by atoms with Crippen LogP contribution in [0.15, 0.2) is 28.7 Å². The van der Waals surface area contributed by atoms with Crippen LogP contribution in [0.4, 0.5) is 0 Å². The van der Waals surface area contributed by atoms with Gasteiger partial charge in [0.2, 0.25) is 5.91 Å². The van der Waals surface area contributed by atoms with Crippen LogP contribution in [0, 0.1) is 5.92 Å². The molecule has 0 bridgehead atoms. The number of primary amides is 1. The van der Waals surface area contributed by atoms with Crippen molar-refractivity contribution in [2.24, 2.45) is 11.7 Å². The predicted octanol–water partition coefficient (Wildman–Crippen LogP) is 1.58. The van der Waals surface area contributed by atoms with Gasteiger partial charge in [-0.1, -0.05) is 34.1 Å². The van der Waals surface area contributed by atoms with Crippen molar-refractivity contribution < 1.29 is 4.79 Å². The number of halogens is 1. The molecule has 2 atom stereocenters. The van der Waals surface area contributed by atoms with Crippen LogP contribution in [0.2, 0.25) is 0 Å². The van der Waals surface area contributed by atoms with Crippen LogP contribution < -0.4 is 11.1 Å². The quantitative estimate of drug-likeness (QED) is 0.856. The molecule has 1 saturated heterocycles. The summed E-state index contributed by atoms with van der Waals surface area (Å²) in [5.74, 6) is -0.251. The first kappa shape index (κ1) is 10.6. The largest absolute Gasteiger partial charge is 0.369 e. The molecular weight excluding hydrogens is 256 g/mol. The van der Waals surface area contributed by atoms with E-state index in [0.29, 0.717) is 6.54 Å². The summed E-state index contributed by atoms with van der Waals surface area (Å²) >= 11 is 3.51. The van der Waals surface area contributed by atoms with Gasteiger partial charge in [-0.25, -0.2) is 0 Å². The van der Waals surface area contributed by atoms with E-state index >= 15 is 0 Å². The lowest BCUT2D eigenvalue weighted by Gasteiger charge is -2.12. The highest BCUT2D eigenvalue weighted by molar-refractivity contribution is 9.10. The molecule has 0 saturated carbocycles. The van der Waals surface area contributed by atoms with Gasteiger partial charge in [0, 0.05) is 17.1 Å². The molecule has 1 fully saturated rings. The lowest BCUT2D eigenvalue weighted by atomic mass is 10.00. The Morgan fingerprint density at radius 3 is 2.80 bits per heavy atom. The number of carbonyl (C=O) groups excluding carboxylic acids is 1. The normalized spacial score (nSPS) is 25.4. The van der Waals surface area contributed by atoms with Crippen LogP contribution >= 0.6 is 15.9 Å². The molecule has 1 aliphatic rings. The molecule has 0 radical (unpaired) electrons. The molecule has 80 valence electrons. The van der Waals surface area contributed by atoms with Crippen molar-refractivity contribution in [2.45, 2.75) is 12.5 Å². The maximum absolute atomic E-state index is 11.0. The molecule has 3 nitrogen and oxygen atoms in total. The summed E-state index contributed by atoms with van der Waals surface area (Å²) in [6, 6.07) is 8.28. The molecule has 1 amide bonds. The molecule has 4 heteroatoms. The summed E-state index contributed by atoms with van der Waals surface area (Å²) in [5.41, 5.74) is 6.48. The van der Waals surface area contributed by atoms with Crippen molar-refractivity contribution in [3.8, 4) is 0 Å².